The highest BCUT2D eigenvalue weighted by Crippen LogP contribution is 2.23. The summed E-state index contributed by atoms with van der Waals surface area (Å²) in [6.45, 7) is 2.13. The number of pyridine rings is 1. The van der Waals surface area contributed by atoms with E-state index in [9.17, 15) is 4.79 Å². The Balaban J connectivity index is 1.45. The Labute approximate surface area is 166 Å². The van der Waals surface area contributed by atoms with Gasteiger partial charge in [0.25, 0.3) is 5.89 Å². The molecule has 0 saturated carbocycles. The van der Waals surface area contributed by atoms with Crippen LogP contribution >= 0.6 is 0 Å². The number of para-hydroxylation sites is 1. The zero-order valence-electron chi connectivity index (χ0n) is 15.6. The number of aromatic nitrogens is 3. The van der Waals surface area contributed by atoms with Gasteiger partial charge in [-0.2, -0.15) is 4.98 Å². The third kappa shape index (κ3) is 4.32. The van der Waals surface area contributed by atoms with Crippen molar-refractivity contribution in [2.75, 3.05) is 5.32 Å². The molecule has 0 radical (unpaired) electrons. The number of carbonyl (C=O) groups excluding carboxylic acids is 1. The number of anilines is 1. The number of carbonyl (C=O) groups is 1. The SMILES string of the molecule is CC(OC(=O)c1ccccc1NCc1ccco1)c1nc(-c2cccnc2)no1. The molecule has 0 aliphatic carbocycles. The van der Waals surface area contributed by atoms with Gasteiger partial charge < -0.3 is 19.0 Å². The molecular formula is C21H18N4O4. The maximum atomic E-state index is 12.7. The molecule has 29 heavy (non-hydrogen) atoms. The van der Waals surface area contributed by atoms with Crippen LogP contribution in [0.2, 0.25) is 0 Å². The largest absolute Gasteiger partial charge is 0.467 e. The van der Waals surface area contributed by atoms with Crippen LogP contribution in [0.25, 0.3) is 11.4 Å². The number of ether oxygens (including phenoxy) is 1. The Bertz CT molecular complexity index is 1080. The van der Waals surface area contributed by atoms with E-state index in [1.165, 1.54) is 0 Å². The van der Waals surface area contributed by atoms with E-state index >= 15 is 0 Å². The molecule has 8 nitrogen and oxygen atoms in total. The number of furan rings is 1. The normalized spacial score (nSPS) is 11.8. The summed E-state index contributed by atoms with van der Waals surface area (Å²) < 4.78 is 16.1. The molecule has 1 atom stereocenters. The fourth-order valence-electron chi connectivity index (χ4n) is 2.70. The molecule has 0 bridgehead atoms. The lowest BCUT2D eigenvalue weighted by molar-refractivity contribution is 0.0266. The summed E-state index contributed by atoms with van der Waals surface area (Å²) in [7, 11) is 0. The lowest BCUT2D eigenvalue weighted by atomic mass is 10.1. The van der Waals surface area contributed by atoms with Crippen LogP contribution in [0.3, 0.4) is 0 Å². The Morgan fingerprint density at radius 1 is 1.17 bits per heavy atom. The second kappa shape index (κ2) is 8.39. The quantitative estimate of drug-likeness (QED) is 0.467. The van der Waals surface area contributed by atoms with E-state index < -0.39 is 12.1 Å². The molecule has 3 heterocycles. The molecule has 1 unspecified atom stereocenters. The third-order valence-corrected chi connectivity index (χ3v) is 4.17. The highest BCUT2D eigenvalue weighted by molar-refractivity contribution is 5.95. The molecule has 3 aromatic heterocycles. The number of benzene rings is 1. The number of esters is 1. The van der Waals surface area contributed by atoms with Gasteiger partial charge in [-0.3, -0.25) is 4.98 Å². The summed E-state index contributed by atoms with van der Waals surface area (Å²) in [4.78, 5) is 21.0. The summed E-state index contributed by atoms with van der Waals surface area (Å²) in [5.41, 5.74) is 1.76. The van der Waals surface area contributed by atoms with E-state index in [0.29, 0.717) is 29.2 Å². The van der Waals surface area contributed by atoms with Crippen LogP contribution in [0.5, 0.6) is 0 Å². The van der Waals surface area contributed by atoms with E-state index in [2.05, 4.69) is 20.4 Å². The van der Waals surface area contributed by atoms with E-state index in [1.54, 1.807) is 49.8 Å². The number of nitrogens with one attached hydrogen (secondary N) is 1. The van der Waals surface area contributed by atoms with E-state index in [4.69, 9.17) is 13.7 Å². The third-order valence-electron chi connectivity index (χ3n) is 4.17. The van der Waals surface area contributed by atoms with Crippen molar-refractivity contribution in [3.8, 4) is 11.4 Å². The van der Waals surface area contributed by atoms with Crippen molar-refractivity contribution in [1.82, 2.24) is 15.1 Å². The van der Waals surface area contributed by atoms with Crippen molar-refractivity contribution in [1.29, 1.82) is 0 Å². The predicted molar refractivity (Wildman–Crippen MR) is 104 cm³/mol. The minimum absolute atomic E-state index is 0.207. The highest BCUT2D eigenvalue weighted by atomic mass is 16.6. The van der Waals surface area contributed by atoms with Crippen LogP contribution in [0.1, 0.15) is 35.0 Å². The van der Waals surface area contributed by atoms with Gasteiger partial charge in [0.1, 0.15) is 5.76 Å². The number of rotatable bonds is 7. The zero-order valence-corrected chi connectivity index (χ0v) is 15.6. The maximum Gasteiger partial charge on any atom is 0.341 e. The van der Waals surface area contributed by atoms with E-state index in [-0.39, 0.29) is 5.89 Å². The lowest BCUT2D eigenvalue weighted by Crippen LogP contribution is -2.12. The standard InChI is InChI=1S/C21H18N4O4/c1-14(20-24-19(25-29-20)15-6-4-10-22-12-15)28-21(26)17-8-2-3-9-18(17)23-13-16-7-5-11-27-16/h2-12,14,23H,13H2,1H3. The van der Waals surface area contributed by atoms with Gasteiger partial charge in [-0.05, 0) is 43.3 Å². The van der Waals surface area contributed by atoms with Crippen molar-refractivity contribution in [2.24, 2.45) is 0 Å². The molecular weight excluding hydrogens is 372 g/mol. The van der Waals surface area contributed by atoms with Gasteiger partial charge >= 0.3 is 5.97 Å². The Morgan fingerprint density at radius 3 is 2.86 bits per heavy atom. The molecule has 4 rings (SSSR count). The Morgan fingerprint density at radius 2 is 2.07 bits per heavy atom. The molecule has 0 fully saturated rings. The topological polar surface area (TPSA) is 103 Å². The summed E-state index contributed by atoms with van der Waals surface area (Å²) in [5.74, 6) is 0.853. The van der Waals surface area contributed by atoms with Crippen molar-refractivity contribution in [2.45, 2.75) is 19.6 Å². The molecule has 146 valence electrons. The van der Waals surface area contributed by atoms with Gasteiger partial charge in [0.05, 0.1) is 18.4 Å². The number of nitrogens with zero attached hydrogens (tertiary/aromatic N) is 3. The molecule has 4 aromatic rings. The molecule has 0 saturated heterocycles. The van der Waals surface area contributed by atoms with E-state index in [1.807, 2.05) is 24.3 Å². The zero-order chi connectivity index (χ0) is 20.1. The van der Waals surface area contributed by atoms with Crippen LogP contribution in [-0.4, -0.2) is 21.1 Å². The minimum atomic E-state index is -0.710. The molecule has 0 aliphatic heterocycles. The monoisotopic (exact) mass is 390 g/mol. The first-order valence-electron chi connectivity index (χ1n) is 9.01. The van der Waals surface area contributed by atoms with Gasteiger partial charge in [-0.1, -0.05) is 17.3 Å². The van der Waals surface area contributed by atoms with Crippen molar-refractivity contribution >= 4 is 11.7 Å². The van der Waals surface area contributed by atoms with Crippen LogP contribution in [-0.2, 0) is 11.3 Å². The van der Waals surface area contributed by atoms with Gasteiger partial charge in [0.15, 0.2) is 6.10 Å². The van der Waals surface area contributed by atoms with Gasteiger partial charge in [0.2, 0.25) is 5.82 Å². The number of hydrogen-bond donors (Lipinski definition) is 1. The molecule has 0 spiro atoms. The van der Waals surface area contributed by atoms with Crippen LogP contribution in [0, 0.1) is 0 Å². The van der Waals surface area contributed by atoms with Crippen LogP contribution < -0.4 is 5.32 Å². The molecule has 1 aromatic carbocycles. The molecule has 1 N–H and O–H groups in total. The average Bonchev–Trinajstić information content (AvgIpc) is 3.45. The van der Waals surface area contributed by atoms with Gasteiger partial charge in [0, 0.05) is 23.6 Å². The first kappa shape index (κ1) is 18.4. The van der Waals surface area contributed by atoms with Gasteiger partial charge in [-0.25, -0.2) is 4.79 Å². The summed E-state index contributed by atoms with van der Waals surface area (Å²) in [5, 5.41) is 7.11. The first-order valence-corrected chi connectivity index (χ1v) is 9.01. The van der Waals surface area contributed by atoms with Crippen molar-refractivity contribution in [3.63, 3.8) is 0 Å². The predicted octanol–water partition coefficient (Wildman–Crippen LogP) is 4.25. The van der Waals surface area contributed by atoms with Crippen molar-refractivity contribution in [3.05, 3.63) is 84.4 Å². The smallest absolute Gasteiger partial charge is 0.341 e. The fourth-order valence-corrected chi connectivity index (χ4v) is 2.70. The summed E-state index contributed by atoms with van der Waals surface area (Å²) >= 11 is 0. The number of hydrogen-bond acceptors (Lipinski definition) is 8. The lowest BCUT2D eigenvalue weighted by Gasteiger charge is -2.13. The summed E-state index contributed by atoms with van der Waals surface area (Å²) in [6, 6.07) is 14.4. The Hall–Kier alpha value is -3.94. The average molecular weight is 390 g/mol. The highest BCUT2D eigenvalue weighted by Gasteiger charge is 2.21. The molecule has 0 aliphatic rings. The Kier molecular flexibility index (Phi) is 5.33. The maximum absolute atomic E-state index is 12.7. The molecule has 0 amide bonds. The fraction of sp³-hybridized carbons (Fsp3) is 0.143. The second-order valence-electron chi connectivity index (χ2n) is 6.22. The van der Waals surface area contributed by atoms with Crippen LogP contribution in [0.4, 0.5) is 5.69 Å². The first-order chi connectivity index (χ1) is 14.2. The van der Waals surface area contributed by atoms with E-state index in [0.717, 1.165) is 5.76 Å². The second-order valence-corrected chi connectivity index (χ2v) is 6.22. The van der Waals surface area contributed by atoms with Crippen molar-refractivity contribution < 1.29 is 18.5 Å². The van der Waals surface area contributed by atoms with Gasteiger partial charge in [-0.15, -0.1) is 0 Å². The molecule has 8 heteroatoms. The summed E-state index contributed by atoms with van der Waals surface area (Å²) in [6.07, 6.45) is 4.18. The minimum Gasteiger partial charge on any atom is -0.467 e. The van der Waals surface area contributed by atoms with Crippen LogP contribution in [0.15, 0.2) is 76.1 Å².